The highest BCUT2D eigenvalue weighted by Crippen LogP contribution is 2.28. The van der Waals surface area contributed by atoms with E-state index in [1.54, 1.807) is 12.3 Å². The number of rotatable bonds is 3. The minimum atomic E-state index is -0.278. The van der Waals surface area contributed by atoms with Crippen LogP contribution in [0.4, 0.5) is 4.39 Å². The van der Waals surface area contributed by atoms with Crippen molar-refractivity contribution in [1.29, 1.82) is 0 Å². The lowest BCUT2D eigenvalue weighted by Crippen LogP contribution is -1.99. The third kappa shape index (κ3) is 3.01. The lowest BCUT2D eigenvalue weighted by molar-refractivity contribution is 0.623. The Kier molecular flexibility index (Phi) is 3.71. The SMILES string of the molecule is Cc1ccnc(Sc2ccc(F)cc2CN)n1. The first kappa shape index (κ1) is 12.0. The van der Waals surface area contributed by atoms with E-state index in [0.29, 0.717) is 11.7 Å². The van der Waals surface area contributed by atoms with Crippen LogP contribution in [0.15, 0.2) is 40.5 Å². The van der Waals surface area contributed by atoms with E-state index in [0.717, 1.165) is 16.2 Å². The summed E-state index contributed by atoms with van der Waals surface area (Å²) in [6.07, 6.45) is 1.70. The number of hydrogen-bond donors (Lipinski definition) is 1. The predicted octanol–water partition coefficient (Wildman–Crippen LogP) is 2.53. The maximum absolute atomic E-state index is 13.0. The van der Waals surface area contributed by atoms with Gasteiger partial charge < -0.3 is 5.73 Å². The lowest BCUT2D eigenvalue weighted by atomic mass is 10.2. The fourth-order valence-electron chi connectivity index (χ4n) is 1.38. The largest absolute Gasteiger partial charge is 0.326 e. The molecule has 0 amide bonds. The zero-order chi connectivity index (χ0) is 12.3. The van der Waals surface area contributed by atoms with Gasteiger partial charge in [0, 0.05) is 23.3 Å². The number of nitrogens with two attached hydrogens (primary N) is 1. The first-order valence-corrected chi connectivity index (χ1v) is 5.96. The zero-order valence-corrected chi connectivity index (χ0v) is 10.2. The van der Waals surface area contributed by atoms with Gasteiger partial charge in [0.2, 0.25) is 0 Å². The van der Waals surface area contributed by atoms with Gasteiger partial charge in [0.1, 0.15) is 5.82 Å². The van der Waals surface area contributed by atoms with Crippen LogP contribution in [0.25, 0.3) is 0 Å². The van der Waals surface area contributed by atoms with Gasteiger partial charge in [-0.05, 0) is 48.5 Å². The number of aromatic nitrogens is 2. The second-order valence-corrected chi connectivity index (χ2v) is 4.55. The molecule has 2 rings (SSSR count). The number of benzene rings is 1. The fourth-order valence-corrected chi connectivity index (χ4v) is 2.29. The maximum atomic E-state index is 13.0. The average Bonchev–Trinajstić information content (AvgIpc) is 2.31. The molecule has 1 heterocycles. The van der Waals surface area contributed by atoms with E-state index in [1.165, 1.54) is 23.9 Å². The van der Waals surface area contributed by atoms with Crippen LogP contribution in [0.1, 0.15) is 11.3 Å². The fraction of sp³-hybridized carbons (Fsp3) is 0.167. The van der Waals surface area contributed by atoms with Crippen LogP contribution in [0.2, 0.25) is 0 Å². The molecule has 5 heteroatoms. The third-order valence-electron chi connectivity index (χ3n) is 2.22. The van der Waals surface area contributed by atoms with E-state index in [-0.39, 0.29) is 5.82 Å². The first-order chi connectivity index (χ1) is 8.19. The molecule has 0 saturated heterocycles. The summed E-state index contributed by atoms with van der Waals surface area (Å²) in [7, 11) is 0. The molecule has 0 fully saturated rings. The van der Waals surface area contributed by atoms with Crippen molar-refractivity contribution in [2.75, 3.05) is 0 Å². The van der Waals surface area contributed by atoms with Crippen LogP contribution in [0.3, 0.4) is 0 Å². The smallest absolute Gasteiger partial charge is 0.192 e. The van der Waals surface area contributed by atoms with E-state index in [1.807, 2.05) is 13.0 Å². The Balaban J connectivity index is 2.29. The van der Waals surface area contributed by atoms with Crippen LogP contribution in [0, 0.1) is 12.7 Å². The summed E-state index contributed by atoms with van der Waals surface area (Å²) in [6.45, 7) is 2.20. The van der Waals surface area contributed by atoms with Gasteiger partial charge in [0.25, 0.3) is 0 Å². The molecule has 1 aromatic carbocycles. The highest BCUT2D eigenvalue weighted by atomic mass is 32.2. The van der Waals surface area contributed by atoms with Crippen molar-refractivity contribution in [3.63, 3.8) is 0 Å². The second-order valence-electron chi connectivity index (χ2n) is 3.54. The third-order valence-corrected chi connectivity index (χ3v) is 3.21. The van der Waals surface area contributed by atoms with Crippen LogP contribution < -0.4 is 5.73 Å². The Morgan fingerprint density at radius 1 is 1.35 bits per heavy atom. The molecule has 88 valence electrons. The Morgan fingerprint density at radius 3 is 2.88 bits per heavy atom. The molecule has 3 nitrogen and oxygen atoms in total. The van der Waals surface area contributed by atoms with Crippen molar-refractivity contribution < 1.29 is 4.39 Å². The summed E-state index contributed by atoms with van der Waals surface area (Å²) in [5, 5.41) is 0.645. The van der Waals surface area contributed by atoms with E-state index in [2.05, 4.69) is 9.97 Å². The monoisotopic (exact) mass is 249 g/mol. The van der Waals surface area contributed by atoms with Gasteiger partial charge in [0.15, 0.2) is 5.16 Å². The highest BCUT2D eigenvalue weighted by Gasteiger charge is 2.06. The highest BCUT2D eigenvalue weighted by molar-refractivity contribution is 7.99. The quantitative estimate of drug-likeness (QED) is 0.849. The molecule has 0 spiro atoms. The molecule has 0 unspecified atom stereocenters. The molecule has 0 atom stereocenters. The summed E-state index contributed by atoms with van der Waals surface area (Å²) in [5.74, 6) is -0.278. The molecule has 0 bridgehead atoms. The van der Waals surface area contributed by atoms with Crippen molar-refractivity contribution in [2.45, 2.75) is 23.5 Å². The molecule has 0 aliphatic heterocycles. The van der Waals surface area contributed by atoms with E-state index >= 15 is 0 Å². The topological polar surface area (TPSA) is 51.8 Å². The molecule has 17 heavy (non-hydrogen) atoms. The molecule has 1 aromatic heterocycles. The number of nitrogens with zero attached hydrogens (tertiary/aromatic N) is 2. The molecule has 0 radical (unpaired) electrons. The minimum absolute atomic E-state index is 0.278. The zero-order valence-electron chi connectivity index (χ0n) is 9.35. The standard InChI is InChI=1S/C12H12FN3S/c1-8-4-5-15-12(16-8)17-11-3-2-10(13)6-9(11)7-14/h2-6H,7,14H2,1H3. The van der Waals surface area contributed by atoms with E-state index < -0.39 is 0 Å². The van der Waals surface area contributed by atoms with Gasteiger partial charge >= 0.3 is 0 Å². The van der Waals surface area contributed by atoms with E-state index in [9.17, 15) is 4.39 Å². The molecule has 2 N–H and O–H groups in total. The summed E-state index contributed by atoms with van der Waals surface area (Å²) < 4.78 is 13.0. The average molecular weight is 249 g/mol. The molecule has 0 aliphatic carbocycles. The van der Waals surface area contributed by atoms with Crippen LogP contribution in [-0.4, -0.2) is 9.97 Å². The van der Waals surface area contributed by atoms with Gasteiger partial charge in [-0.1, -0.05) is 0 Å². The maximum Gasteiger partial charge on any atom is 0.192 e. The van der Waals surface area contributed by atoms with Gasteiger partial charge in [-0.2, -0.15) is 0 Å². The Hall–Kier alpha value is -1.46. The number of aryl methyl sites for hydroxylation is 1. The van der Waals surface area contributed by atoms with Crippen molar-refractivity contribution >= 4 is 11.8 Å². The van der Waals surface area contributed by atoms with Gasteiger partial charge in [0.05, 0.1) is 0 Å². The Morgan fingerprint density at radius 2 is 2.18 bits per heavy atom. The van der Waals surface area contributed by atoms with Crippen LogP contribution in [0.5, 0.6) is 0 Å². The van der Waals surface area contributed by atoms with E-state index in [4.69, 9.17) is 5.73 Å². The summed E-state index contributed by atoms with van der Waals surface area (Å²) in [5.41, 5.74) is 7.25. The molecule has 0 saturated carbocycles. The number of halogens is 1. The normalized spacial score (nSPS) is 10.5. The number of hydrogen-bond acceptors (Lipinski definition) is 4. The predicted molar refractivity (Wildman–Crippen MR) is 65.2 cm³/mol. The molecular weight excluding hydrogens is 237 g/mol. The van der Waals surface area contributed by atoms with Crippen LogP contribution >= 0.6 is 11.8 Å². The molecular formula is C12H12FN3S. The summed E-state index contributed by atoms with van der Waals surface area (Å²) >= 11 is 1.39. The molecule has 0 aliphatic rings. The van der Waals surface area contributed by atoms with Gasteiger partial charge in [-0.25, -0.2) is 14.4 Å². The van der Waals surface area contributed by atoms with Crippen molar-refractivity contribution in [3.05, 3.63) is 47.5 Å². The minimum Gasteiger partial charge on any atom is -0.326 e. The summed E-state index contributed by atoms with van der Waals surface area (Å²) in [6, 6.07) is 6.39. The van der Waals surface area contributed by atoms with Crippen molar-refractivity contribution in [3.8, 4) is 0 Å². The lowest BCUT2D eigenvalue weighted by Gasteiger charge is -2.06. The van der Waals surface area contributed by atoms with Gasteiger partial charge in [-0.15, -0.1) is 0 Å². The van der Waals surface area contributed by atoms with Gasteiger partial charge in [-0.3, -0.25) is 0 Å². The Labute approximate surface area is 103 Å². The molecule has 2 aromatic rings. The van der Waals surface area contributed by atoms with Crippen molar-refractivity contribution in [1.82, 2.24) is 9.97 Å². The Bertz CT molecular complexity index is 531. The first-order valence-electron chi connectivity index (χ1n) is 5.15. The second kappa shape index (κ2) is 5.25. The summed E-state index contributed by atoms with van der Waals surface area (Å²) in [4.78, 5) is 9.32. The van der Waals surface area contributed by atoms with Crippen molar-refractivity contribution in [2.24, 2.45) is 5.73 Å². The van der Waals surface area contributed by atoms with Crippen LogP contribution in [-0.2, 0) is 6.54 Å².